The van der Waals surface area contributed by atoms with Gasteiger partial charge in [-0.15, -0.1) is 12.4 Å². The molecule has 1 unspecified atom stereocenters. The molecule has 3 aliphatic rings. The van der Waals surface area contributed by atoms with Crippen molar-refractivity contribution in [2.75, 3.05) is 6.54 Å². The van der Waals surface area contributed by atoms with Gasteiger partial charge in [-0.05, 0) is 23.8 Å². The van der Waals surface area contributed by atoms with Crippen LogP contribution in [-0.2, 0) is 4.74 Å². The maximum absolute atomic E-state index is 10.7. The Labute approximate surface area is 189 Å². The van der Waals surface area contributed by atoms with Gasteiger partial charge in [0.25, 0.3) is 0 Å². The molecule has 0 aliphatic carbocycles. The molecular weight excluding hydrogens is 447 g/mol. The highest BCUT2D eigenvalue weighted by atomic mass is 35.5. The number of hydrogen-bond donors (Lipinski definition) is 4. The van der Waals surface area contributed by atoms with E-state index in [-0.39, 0.29) is 12.4 Å². The number of nitrogens with zero attached hydrogens (tertiary/aromatic N) is 4. The van der Waals surface area contributed by atoms with Gasteiger partial charge < -0.3 is 29.7 Å². The van der Waals surface area contributed by atoms with Gasteiger partial charge in [-0.3, -0.25) is 9.89 Å². The van der Waals surface area contributed by atoms with Crippen molar-refractivity contribution in [3.05, 3.63) is 52.7 Å². The van der Waals surface area contributed by atoms with Crippen molar-refractivity contribution in [3.63, 3.8) is 0 Å². The van der Waals surface area contributed by atoms with E-state index in [1.54, 1.807) is 46.0 Å². The van der Waals surface area contributed by atoms with Gasteiger partial charge in [0.05, 0.1) is 5.56 Å². The standard InChI is InChI=1S/C20H21ClN4O5.ClH/c21-11-3-1-10(2-4-11)14(27)17-15(28)16(29)20(30-17)24-8-6-12-18-22-7-5-13(26)25(18)9-23-19(12)24;/h1-4,6,8-9,13-17,20,26-29H,5,7H2;1H/t13?,14-,15+,16-,17-,20-;/m1./s1. The third kappa shape index (κ3) is 3.66. The molecule has 6 atom stereocenters. The first-order valence-electron chi connectivity index (χ1n) is 9.67. The summed E-state index contributed by atoms with van der Waals surface area (Å²) in [4.78, 5) is 10.5. The summed E-state index contributed by atoms with van der Waals surface area (Å²) in [6.07, 6.45) is -2.71. The molecule has 1 aromatic carbocycles. The third-order valence-corrected chi connectivity index (χ3v) is 5.97. The molecule has 4 N–H and O–H groups in total. The van der Waals surface area contributed by atoms with Gasteiger partial charge in [0.2, 0.25) is 0 Å². The number of amidine groups is 1. The summed E-state index contributed by atoms with van der Waals surface area (Å²) in [5.41, 5.74) is 1.22. The molecule has 0 bridgehead atoms. The van der Waals surface area contributed by atoms with Crippen LogP contribution in [0.15, 0.2) is 46.5 Å². The van der Waals surface area contributed by atoms with Crippen LogP contribution >= 0.6 is 24.0 Å². The van der Waals surface area contributed by atoms with Gasteiger partial charge in [0, 0.05) is 24.2 Å². The quantitative estimate of drug-likeness (QED) is 0.539. The fourth-order valence-electron chi connectivity index (χ4n) is 4.10. The zero-order chi connectivity index (χ0) is 21.0. The largest absolute Gasteiger partial charge is 0.387 e. The van der Waals surface area contributed by atoms with Crippen molar-refractivity contribution in [2.45, 2.75) is 43.3 Å². The Morgan fingerprint density at radius 3 is 2.58 bits per heavy atom. The maximum atomic E-state index is 10.7. The maximum Gasteiger partial charge on any atom is 0.164 e. The molecule has 31 heavy (non-hydrogen) atoms. The van der Waals surface area contributed by atoms with Crippen molar-refractivity contribution >= 4 is 42.0 Å². The highest BCUT2D eigenvalue weighted by Gasteiger charge is 2.48. The van der Waals surface area contributed by atoms with Crippen LogP contribution in [0.25, 0.3) is 0 Å². The van der Waals surface area contributed by atoms with E-state index in [4.69, 9.17) is 16.3 Å². The Morgan fingerprint density at radius 2 is 1.84 bits per heavy atom. The first-order valence-corrected chi connectivity index (χ1v) is 10.0. The van der Waals surface area contributed by atoms with Crippen molar-refractivity contribution in [3.8, 4) is 0 Å². The summed E-state index contributed by atoms with van der Waals surface area (Å²) in [6.45, 7) is 0.502. The average Bonchev–Trinajstić information content (AvgIpc) is 3.30. The Morgan fingerprint density at radius 1 is 1.10 bits per heavy atom. The molecule has 0 spiro atoms. The van der Waals surface area contributed by atoms with Crippen LogP contribution in [0.5, 0.6) is 0 Å². The van der Waals surface area contributed by atoms with Gasteiger partial charge in [-0.1, -0.05) is 23.7 Å². The van der Waals surface area contributed by atoms with Crippen LogP contribution in [0.3, 0.4) is 0 Å². The number of hydrogen-bond acceptors (Lipinski definition) is 8. The lowest BCUT2D eigenvalue weighted by molar-refractivity contribution is -0.0854. The van der Waals surface area contributed by atoms with E-state index < -0.39 is 36.9 Å². The normalized spacial score (nSPS) is 30.3. The molecule has 0 radical (unpaired) electrons. The average molecular weight is 469 g/mol. The summed E-state index contributed by atoms with van der Waals surface area (Å²) >= 11 is 5.90. The van der Waals surface area contributed by atoms with Crippen LogP contribution < -0.4 is 0 Å². The lowest BCUT2D eigenvalue weighted by atomic mass is 9.99. The number of rotatable bonds is 3. The minimum absolute atomic E-state index is 0. The van der Waals surface area contributed by atoms with Crippen LogP contribution in [0.4, 0.5) is 5.82 Å². The molecule has 0 saturated carbocycles. The summed E-state index contributed by atoms with van der Waals surface area (Å²) in [6, 6.07) is 8.34. The number of aliphatic hydroxyl groups excluding tert-OH is 4. The minimum Gasteiger partial charge on any atom is -0.387 e. The van der Waals surface area contributed by atoms with Crippen molar-refractivity contribution in [2.24, 2.45) is 9.98 Å². The van der Waals surface area contributed by atoms with Crippen molar-refractivity contribution in [1.29, 1.82) is 0 Å². The van der Waals surface area contributed by atoms with Gasteiger partial charge in [0.15, 0.2) is 6.23 Å². The highest BCUT2D eigenvalue weighted by molar-refractivity contribution is 6.30. The van der Waals surface area contributed by atoms with Crippen molar-refractivity contribution < 1.29 is 25.2 Å². The Balaban J connectivity index is 0.00000231. The number of aliphatic hydroxyl groups is 4. The molecule has 3 aliphatic heterocycles. The second-order valence-corrected chi connectivity index (χ2v) is 7.99. The lowest BCUT2D eigenvalue weighted by Crippen LogP contribution is -2.44. The molecule has 11 heteroatoms. The van der Waals surface area contributed by atoms with E-state index in [0.29, 0.717) is 40.8 Å². The molecule has 5 rings (SSSR count). The van der Waals surface area contributed by atoms with Gasteiger partial charge >= 0.3 is 0 Å². The van der Waals surface area contributed by atoms with E-state index in [0.717, 1.165) is 0 Å². The van der Waals surface area contributed by atoms with E-state index in [2.05, 4.69) is 9.98 Å². The smallest absolute Gasteiger partial charge is 0.164 e. The monoisotopic (exact) mass is 468 g/mol. The Kier molecular flexibility index (Phi) is 6.10. The van der Waals surface area contributed by atoms with Crippen LogP contribution in [0, 0.1) is 0 Å². The summed E-state index contributed by atoms with van der Waals surface area (Å²) in [7, 11) is 0. The molecule has 2 aromatic rings. The molecule has 166 valence electrons. The SMILES string of the molecule is Cl.OC1CCN=C2c3ccn([C@@H]4O[C@H]([C@H](O)c5ccc(Cl)cc5)[C@@H](O)[C@H]4O)c3N=CN21. The molecule has 1 aromatic heterocycles. The number of halogens is 2. The fourth-order valence-corrected chi connectivity index (χ4v) is 4.23. The second-order valence-electron chi connectivity index (χ2n) is 7.56. The predicted molar refractivity (Wildman–Crippen MR) is 116 cm³/mol. The molecule has 0 amide bonds. The number of ether oxygens (including phenoxy) is 1. The number of aliphatic imine (C=N–C) groups is 2. The molecular formula is C20H22Cl2N4O5. The lowest BCUT2D eigenvalue weighted by Gasteiger charge is -2.32. The third-order valence-electron chi connectivity index (χ3n) is 5.72. The number of fused-ring (bicyclic) bond motifs is 3. The minimum atomic E-state index is -1.31. The molecule has 9 nitrogen and oxygen atoms in total. The van der Waals surface area contributed by atoms with Crippen molar-refractivity contribution in [1.82, 2.24) is 9.47 Å². The first kappa shape index (κ1) is 22.2. The van der Waals surface area contributed by atoms with E-state index in [9.17, 15) is 20.4 Å². The molecule has 1 fully saturated rings. The van der Waals surface area contributed by atoms with Crippen LogP contribution in [-0.4, -0.2) is 73.2 Å². The fraction of sp³-hybridized carbons (Fsp3) is 0.400. The first-order chi connectivity index (χ1) is 14.5. The highest BCUT2D eigenvalue weighted by Crippen LogP contribution is 2.40. The second kappa shape index (κ2) is 8.51. The topological polar surface area (TPSA) is 123 Å². The van der Waals surface area contributed by atoms with Gasteiger partial charge in [0.1, 0.15) is 48.6 Å². The number of aromatic nitrogens is 1. The summed E-state index contributed by atoms with van der Waals surface area (Å²) < 4.78 is 7.51. The summed E-state index contributed by atoms with van der Waals surface area (Å²) in [5, 5.41) is 42.6. The van der Waals surface area contributed by atoms with Gasteiger partial charge in [-0.2, -0.15) is 0 Å². The zero-order valence-corrected chi connectivity index (χ0v) is 17.8. The van der Waals surface area contributed by atoms with Gasteiger partial charge in [-0.25, -0.2) is 4.99 Å². The predicted octanol–water partition coefficient (Wildman–Crippen LogP) is 1.36. The van der Waals surface area contributed by atoms with E-state index in [1.807, 2.05) is 0 Å². The van der Waals surface area contributed by atoms with Crippen LogP contribution in [0.2, 0.25) is 5.02 Å². The Hall–Kier alpha value is -1.98. The van der Waals surface area contributed by atoms with Crippen LogP contribution in [0.1, 0.15) is 29.9 Å². The number of benzene rings is 1. The summed E-state index contributed by atoms with van der Waals surface area (Å²) in [5.74, 6) is 1.10. The van der Waals surface area contributed by atoms with E-state index >= 15 is 0 Å². The zero-order valence-electron chi connectivity index (χ0n) is 16.2. The molecule has 1 saturated heterocycles. The molecule has 4 heterocycles. The Bertz CT molecular complexity index is 1010. The van der Waals surface area contributed by atoms with E-state index in [1.165, 1.54) is 6.34 Å².